The van der Waals surface area contributed by atoms with Gasteiger partial charge in [0.05, 0.1) is 74.4 Å². The van der Waals surface area contributed by atoms with E-state index in [0.29, 0.717) is 78.3 Å². The van der Waals surface area contributed by atoms with Crippen LogP contribution in [0.15, 0.2) is 97.1 Å². The molecule has 8 aliphatic rings. The van der Waals surface area contributed by atoms with Crippen molar-refractivity contribution in [2.45, 2.75) is 174 Å². The van der Waals surface area contributed by atoms with E-state index in [1.54, 1.807) is 60.2 Å². The van der Waals surface area contributed by atoms with Gasteiger partial charge in [-0.3, -0.25) is 33.8 Å². The lowest BCUT2D eigenvalue weighted by Crippen LogP contribution is -2.50. The molecule has 2 saturated heterocycles. The number of nitrogens with zero attached hydrogens (tertiary/aromatic N) is 5. The van der Waals surface area contributed by atoms with Crippen LogP contribution < -0.4 is 45.0 Å². The standard InChI is InChI=1S/C76H90N8O13/c1-45(2)56(35-53(85)25-26-67(87)80-41-51-15-9-10-16-54(51)68-69(84(46(3)4)79-78-68)55-17-11-12-18-59(55)80)70(88)77-47(5)62(86)33-48-19-21-49(22-20-48)42-97-74(92)83-60-38-66(64(94-7)37-58(60)72(90)82-44-76(29-30-76)40-61(82)73(83)91)96-32-14-8-13-31-95-65-34-50-23-24-52-39-75(27-28-75)43-81(52)71(89)57(50)36-63(65)93-6/h9-12,15-22,34,36-38,45-47,52,56,61,73,78-79,91H,8,13-14,23-33,35,39-44H2,1-7H3,(H,77,88)/t47-,52+,56-,61-,73?/m0/s1. The molecule has 2 saturated carbocycles. The Hall–Kier alpha value is -8.95. The van der Waals surface area contributed by atoms with Crippen molar-refractivity contribution < 1.29 is 62.4 Å². The Kier molecular flexibility index (Phi) is 18.9. The molecule has 1 unspecified atom stereocenters. The first-order chi connectivity index (χ1) is 46.7. The lowest BCUT2D eigenvalue weighted by atomic mass is 9.88. The average Bonchev–Trinajstić information content (AvgIpc) is 1.63. The minimum Gasteiger partial charge on any atom is -0.493 e. The van der Waals surface area contributed by atoms with Crippen molar-refractivity contribution in [3.05, 3.63) is 142 Å². The third-order valence-electron chi connectivity index (χ3n) is 21.3. The molecule has 4 N–H and O–H groups in total. The van der Waals surface area contributed by atoms with Gasteiger partial charge in [0.2, 0.25) is 11.8 Å². The summed E-state index contributed by atoms with van der Waals surface area (Å²) in [7, 11) is 3.08. The summed E-state index contributed by atoms with van der Waals surface area (Å²) in [6, 6.07) is 28.5. The number of aryl methyl sites for hydroxylation is 1. The maximum Gasteiger partial charge on any atom is 0.416 e. The molecule has 97 heavy (non-hydrogen) atoms. The predicted molar refractivity (Wildman–Crippen MR) is 364 cm³/mol. The Bertz CT molecular complexity index is 3930. The second-order valence-corrected chi connectivity index (χ2v) is 28.7. The van der Waals surface area contributed by atoms with Crippen LogP contribution in [0.4, 0.5) is 16.2 Å². The Balaban J connectivity index is 0.597. The van der Waals surface area contributed by atoms with Gasteiger partial charge in [0.1, 0.15) is 12.4 Å². The number of ether oxygens (including phenoxy) is 5. The number of Topliss-reactive ketones (excluding diaryl/α,β-unsaturated/α-hetero) is 2. The monoisotopic (exact) mass is 1320 g/mol. The van der Waals surface area contributed by atoms with E-state index in [4.69, 9.17) is 23.7 Å². The Labute approximate surface area is 567 Å². The van der Waals surface area contributed by atoms with E-state index >= 15 is 0 Å². The highest BCUT2D eigenvalue weighted by Crippen LogP contribution is 2.58. The molecule has 0 bridgehead atoms. The zero-order chi connectivity index (χ0) is 68.0. The Morgan fingerprint density at radius 2 is 1.32 bits per heavy atom. The molecule has 6 aliphatic heterocycles. The van der Waals surface area contributed by atoms with Crippen molar-refractivity contribution >= 4 is 64.1 Å². The van der Waals surface area contributed by atoms with Crippen molar-refractivity contribution in [1.29, 1.82) is 0 Å². The largest absolute Gasteiger partial charge is 0.493 e. The molecule has 5 amide bonds. The number of aliphatic hydroxyl groups is 1. The summed E-state index contributed by atoms with van der Waals surface area (Å²) in [5.41, 5.74) is 15.5. The van der Waals surface area contributed by atoms with Crippen LogP contribution in [-0.4, -0.2) is 132 Å². The summed E-state index contributed by atoms with van der Waals surface area (Å²) in [6.45, 7) is 11.6. The van der Waals surface area contributed by atoms with Crippen LogP contribution >= 0.6 is 0 Å². The first-order valence-electron chi connectivity index (χ1n) is 34.7. The summed E-state index contributed by atoms with van der Waals surface area (Å²) in [5, 5.41) is 17.1. The number of carbonyl (C=O) groups is 7. The number of hydrogen-bond donors (Lipinski definition) is 4. The molecular formula is C76H90N8O13. The minimum absolute atomic E-state index is 0.0115. The second kappa shape index (κ2) is 27.5. The van der Waals surface area contributed by atoms with E-state index in [1.165, 1.54) is 20.0 Å². The molecule has 21 nitrogen and oxygen atoms in total. The Morgan fingerprint density at radius 1 is 0.680 bits per heavy atom. The van der Waals surface area contributed by atoms with Gasteiger partial charge >= 0.3 is 6.09 Å². The van der Waals surface area contributed by atoms with Crippen LogP contribution in [0.5, 0.6) is 23.0 Å². The summed E-state index contributed by atoms with van der Waals surface area (Å²) in [5.74, 6) is -0.575. The fraction of sp³-hybridized carbons (Fsp3) is 0.487. The minimum atomic E-state index is -1.43. The molecule has 5 aromatic rings. The summed E-state index contributed by atoms with van der Waals surface area (Å²) in [6.07, 6.45) is 7.25. The fourth-order valence-electron chi connectivity index (χ4n) is 15.3. The van der Waals surface area contributed by atoms with Gasteiger partial charge < -0.3 is 54.2 Å². The van der Waals surface area contributed by atoms with E-state index in [-0.39, 0.29) is 109 Å². The number of methoxy groups -OCH3 is 2. The van der Waals surface area contributed by atoms with Crippen molar-refractivity contribution in [2.75, 3.05) is 50.3 Å². The second-order valence-electron chi connectivity index (χ2n) is 28.7. The number of fused-ring (bicyclic) bond motifs is 8. The van der Waals surface area contributed by atoms with Crippen molar-refractivity contribution in [2.24, 2.45) is 22.7 Å². The summed E-state index contributed by atoms with van der Waals surface area (Å²) >= 11 is 0. The molecule has 13 rings (SSSR count). The fourth-order valence-corrected chi connectivity index (χ4v) is 15.3. The third-order valence-corrected chi connectivity index (χ3v) is 21.3. The van der Waals surface area contributed by atoms with Gasteiger partial charge in [0.15, 0.2) is 35.0 Å². The van der Waals surface area contributed by atoms with Crippen LogP contribution in [0, 0.1) is 22.7 Å². The lowest BCUT2D eigenvalue weighted by Gasteiger charge is -2.32. The van der Waals surface area contributed by atoms with Crippen molar-refractivity contribution in [1.82, 2.24) is 31.1 Å². The zero-order valence-corrected chi connectivity index (χ0v) is 56.7. The smallest absolute Gasteiger partial charge is 0.416 e. The number of carbonyl (C=O) groups excluding carboxylic acids is 7. The molecule has 2 spiro atoms. The normalized spacial score (nSPS) is 20.4. The molecule has 2 aliphatic carbocycles. The quantitative estimate of drug-likeness (QED) is 0.0420. The molecule has 0 aromatic heterocycles. The molecule has 512 valence electrons. The van der Waals surface area contributed by atoms with E-state index in [9.17, 15) is 38.7 Å². The van der Waals surface area contributed by atoms with E-state index < -0.39 is 36.2 Å². The Morgan fingerprint density at radius 3 is 2.01 bits per heavy atom. The number of ketones is 2. The molecule has 4 fully saturated rings. The van der Waals surface area contributed by atoms with Gasteiger partial charge in [-0.25, -0.2) is 9.69 Å². The SMILES string of the molecule is COc1cc2c(cc1OCCCCCOc1cc3c(cc1OC)C(=O)N1CC4(CC4)C[C@H]1C(O)N3C(=O)OCc1ccc(CC(=O)[C@H](C)NC(=O)[C@@H](CC(=O)CCC(=O)N3Cc4ccccc4C4=C(c5ccccc53)N(C(C)C)NN4)C(C)C)cc1)CC[C@@H]1CC3(CC3)CN1C2=O. The number of aliphatic hydroxyl groups excluding tert-OH is 1. The number of hydrogen-bond acceptors (Lipinski definition) is 16. The number of unbranched alkanes of at least 4 members (excludes halogenated alkanes) is 2. The predicted octanol–water partition coefficient (Wildman–Crippen LogP) is 10.5. The summed E-state index contributed by atoms with van der Waals surface area (Å²) < 4.78 is 30.1. The van der Waals surface area contributed by atoms with Crippen LogP contribution in [-0.2, 0) is 49.9 Å². The van der Waals surface area contributed by atoms with Crippen LogP contribution in [0.25, 0.3) is 11.4 Å². The van der Waals surface area contributed by atoms with Crippen molar-refractivity contribution in [3.8, 4) is 23.0 Å². The van der Waals surface area contributed by atoms with Crippen LogP contribution in [0.2, 0.25) is 0 Å². The third kappa shape index (κ3) is 13.6. The number of anilines is 2. The average molecular weight is 1320 g/mol. The van der Waals surface area contributed by atoms with Gasteiger partial charge in [0, 0.05) is 79.5 Å². The lowest BCUT2D eigenvalue weighted by molar-refractivity contribution is -0.133. The topological polar surface area (TPSA) is 238 Å². The molecule has 21 heteroatoms. The van der Waals surface area contributed by atoms with Gasteiger partial charge in [-0.1, -0.05) is 80.6 Å². The van der Waals surface area contributed by atoms with Crippen LogP contribution in [0.3, 0.4) is 0 Å². The zero-order valence-electron chi connectivity index (χ0n) is 56.7. The maximum atomic E-state index is 14.5. The maximum absolute atomic E-state index is 14.5. The van der Waals surface area contributed by atoms with Gasteiger partial charge in [0.25, 0.3) is 11.8 Å². The van der Waals surface area contributed by atoms with Gasteiger partial charge in [-0.15, -0.1) is 5.53 Å². The van der Waals surface area contributed by atoms with Gasteiger partial charge in [-0.2, -0.15) is 0 Å². The first kappa shape index (κ1) is 66.7. The van der Waals surface area contributed by atoms with Gasteiger partial charge in [-0.05, 0) is 155 Å². The summed E-state index contributed by atoms with van der Waals surface area (Å²) in [4.78, 5) is 105. The first-order valence-corrected chi connectivity index (χ1v) is 34.7. The number of rotatable bonds is 24. The highest BCUT2D eigenvalue weighted by molar-refractivity contribution is 6.07. The highest BCUT2D eigenvalue weighted by atomic mass is 16.6. The molecule has 5 aromatic carbocycles. The molecule has 6 heterocycles. The van der Waals surface area contributed by atoms with E-state index in [2.05, 4.69) is 35.0 Å². The molecule has 0 radical (unpaired) electrons. The molecular weight excluding hydrogens is 1230 g/mol. The van der Waals surface area contributed by atoms with Crippen molar-refractivity contribution in [3.63, 3.8) is 0 Å². The number of nitrogens with one attached hydrogen (secondary N) is 3. The number of benzene rings is 5. The number of hydrazine groups is 2. The number of amides is 5. The highest BCUT2D eigenvalue weighted by Gasteiger charge is 2.58. The number of para-hydroxylation sites is 1. The molecule has 5 atom stereocenters. The van der Waals surface area contributed by atoms with Crippen LogP contribution in [0.1, 0.15) is 172 Å². The van der Waals surface area contributed by atoms with E-state index in [1.807, 2.05) is 79.5 Å². The van der Waals surface area contributed by atoms with E-state index in [0.717, 1.165) is 89.3 Å².